The number of amides is 1. The standard InChI is InChI=1S/C20H25N5O/c1-12(2)13-10-22-19(23-11-13)24-14-8-15(9-14)25-17-16(6-5-7-21-17)20(3,4)18(25)26/h5-7,10-12,14-15H,8-9H2,1-4H3,(H,22,23,24). The van der Waals surface area contributed by atoms with Crippen molar-refractivity contribution in [3.63, 3.8) is 0 Å². The van der Waals surface area contributed by atoms with E-state index in [1.807, 2.05) is 43.3 Å². The van der Waals surface area contributed by atoms with Gasteiger partial charge in [0.1, 0.15) is 5.82 Å². The van der Waals surface area contributed by atoms with Crippen molar-refractivity contribution in [2.45, 2.75) is 64.0 Å². The van der Waals surface area contributed by atoms with E-state index in [1.54, 1.807) is 6.20 Å². The van der Waals surface area contributed by atoms with Crippen LogP contribution in [0.3, 0.4) is 0 Å². The van der Waals surface area contributed by atoms with Crippen molar-refractivity contribution >= 4 is 17.7 Å². The molecule has 6 nitrogen and oxygen atoms in total. The lowest BCUT2D eigenvalue weighted by Gasteiger charge is -2.41. The van der Waals surface area contributed by atoms with Gasteiger partial charge in [-0.2, -0.15) is 0 Å². The number of carbonyl (C=O) groups excluding carboxylic acids is 1. The maximum atomic E-state index is 12.9. The third-order valence-electron chi connectivity index (χ3n) is 5.59. The van der Waals surface area contributed by atoms with Crippen LogP contribution >= 0.6 is 0 Å². The number of nitrogens with zero attached hydrogens (tertiary/aromatic N) is 4. The molecular weight excluding hydrogens is 326 g/mol. The first-order valence-electron chi connectivity index (χ1n) is 9.25. The molecule has 0 bridgehead atoms. The molecule has 2 aromatic heterocycles. The van der Waals surface area contributed by atoms with Crippen molar-refractivity contribution in [3.05, 3.63) is 41.9 Å². The molecule has 0 saturated heterocycles. The fourth-order valence-corrected chi connectivity index (χ4v) is 3.74. The normalized spacial score (nSPS) is 23.7. The van der Waals surface area contributed by atoms with E-state index < -0.39 is 5.41 Å². The molecule has 1 amide bonds. The van der Waals surface area contributed by atoms with Gasteiger partial charge in [0.15, 0.2) is 0 Å². The third-order valence-corrected chi connectivity index (χ3v) is 5.59. The first-order chi connectivity index (χ1) is 12.4. The lowest BCUT2D eigenvalue weighted by atomic mass is 9.84. The van der Waals surface area contributed by atoms with Crippen LogP contribution in [0.5, 0.6) is 0 Å². The average Bonchev–Trinajstić information content (AvgIpc) is 2.79. The summed E-state index contributed by atoms with van der Waals surface area (Å²) >= 11 is 0. The average molecular weight is 351 g/mol. The number of carbonyl (C=O) groups is 1. The van der Waals surface area contributed by atoms with Crippen molar-refractivity contribution in [2.75, 3.05) is 10.2 Å². The Morgan fingerprint density at radius 2 is 1.88 bits per heavy atom. The highest BCUT2D eigenvalue weighted by Crippen LogP contribution is 2.44. The molecule has 4 rings (SSSR count). The zero-order chi connectivity index (χ0) is 18.5. The van der Waals surface area contributed by atoms with Crippen molar-refractivity contribution in [1.29, 1.82) is 0 Å². The van der Waals surface area contributed by atoms with E-state index in [9.17, 15) is 4.79 Å². The molecule has 136 valence electrons. The Kier molecular flexibility index (Phi) is 3.93. The van der Waals surface area contributed by atoms with Gasteiger partial charge >= 0.3 is 0 Å². The molecule has 1 N–H and O–H groups in total. The Morgan fingerprint density at radius 3 is 2.54 bits per heavy atom. The fraction of sp³-hybridized carbons (Fsp3) is 0.500. The molecular formula is C20H25N5O. The number of pyridine rings is 1. The Morgan fingerprint density at radius 1 is 1.19 bits per heavy atom. The van der Waals surface area contributed by atoms with E-state index in [0.29, 0.717) is 11.9 Å². The highest BCUT2D eigenvalue weighted by Gasteiger charge is 2.50. The number of nitrogens with one attached hydrogen (secondary N) is 1. The lowest BCUT2D eigenvalue weighted by molar-refractivity contribution is -0.122. The first-order valence-corrected chi connectivity index (χ1v) is 9.25. The Labute approximate surface area is 154 Å². The number of anilines is 2. The minimum absolute atomic E-state index is 0.146. The van der Waals surface area contributed by atoms with E-state index in [1.165, 1.54) is 0 Å². The number of hydrogen-bond acceptors (Lipinski definition) is 5. The van der Waals surface area contributed by atoms with Crippen LogP contribution in [-0.2, 0) is 10.2 Å². The van der Waals surface area contributed by atoms with Gasteiger partial charge in [0.2, 0.25) is 11.9 Å². The van der Waals surface area contributed by atoms with Gasteiger partial charge in [-0.05, 0) is 44.2 Å². The second kappa shape index (κ2) is 6.04. The van der Waals surface area contributed by atoms with Crippen molar-refractivity contribution in [3.8, 4) is 0 Å². The Hall–Kier alpha value is -2.50. The summed E-state index contributed by atoms with van der Waals surface area (Å²) in [7, 11) is 0. The summed E-state index contributed by atoms with van der Waals surface area (Å²) in [6, 6.07) is 4.39. The van der Waals surface area contributed by atoms with Crippen LogP contribution in [0.25, 0.3) is 0 Å². The van der Waals surface area contributed by atoms with Crippen LogP contribution in [-0.4, -0.2) is 32.9 Å². The molecule has 1 fully saturated rings. The predicted octanol–water partition coefficient (Wildman–Crippen LogP) is 3.26. The minimum atomic E-state index is -0.502. The summed E-state index contributed by atoms with van der Waals surface area (Å²) < 4.78 is 0. The van der Waals surface area contributed by atoms with Crippen LogP contribution < -0.4 is 10.2 Å². The van der Waals surface area contributed by atoms with Crippen LogP contribution in [0, 0.1) is 0 Å². The van der Waals surface area contributed by atoms with Gasteiger partial charge in [0, 0.05) is 36.2 Å². The van der Waals surface area contributed by atoms with E-state index in [4.69, 9.17) is 0 Å². The Bertz CT molecular complexity index is 824. The molecule has 1 aliphatic carbocycles. The second-order valence-electron chi connectivity index (χ2n) is 8.14. The van der Waals surface area contributed by atoms with Gasteiger partial charge in [-0.3, -0.25) is 9.69 Å². The van der Waals surface area contributed by atoms with Crippen molar-refractivity contribution < 1.29 is 4.79 Å². The smallest absolute Gasteiger partial charge is 0.238 e. The molecule has 1 aliphatic heterocycles. The van der Waals surface area contributed by atoms with Crippen molar-refractivity contribution in [1.82, 2.24) is 15.0 Å². The summed E-state index contributed by atoms with van der Waals surface area (Å²) in [5, 5.41) is 3.38. The molecule has 0 spiro atoms. The summed E-state index contributed by atoms with van der Waals surface area (Å²) in [6.45, 7) is 8.22. The molecule has 1 saturated carbocycles. The number of rotatable bonds is 4. The summed E-state index contributed by atoms with van der Waals surface area (Å²) in [5.74, 6) is 2.05. The largest absolute Gasteiger partial charge is 0.351 e. The molecule has 3 heterocycles. The molecule has 0 aromatic carbocycles. The van der Waals surface area contributed by atoms with Gasteiger partial charge in [-0.1, -0.05) is 19.9 Å². The molecule has 0 atom stereocenters. The van der Waals surface area contributed by atoms with E-state index in [0.717, 1.165) is 29.8 Å². The molecule has 0 unspecified atom stereocenters. The number of fused-ring (bicyclic) bond motifs is 1. The third kappa shape index (κ3) is 2.64. The van der Waals surface area contributed by atoms with E-state index >= 15 is 0 Å². The molecule has 6 heteroatoms. The summed E-state index contributed by atoms with van der Waals surface area (Å²) in [5.41, 5.74) is 1.65. The maximum Gasteiger partial charge on any atom is 0.238 e. The number of hydrogen-bond donors (Lipinski definition) is 1. The SMILES string of the molecule is CC(C)c1cnc(NC2CC(N3C(=O)C(C)(C)c4cccnc43)C2)nc1. The molecule has 26 heavy (non-hydrogen) atoms. The lowest BCUT2D eigenvalue weighted by Crippen LogP contribution is -2.53. The highest BCUT2D eigenvalue weighted by atomic mass is 16.2. The van der Waals surface area contributed by atoms with Gasteiger partial charge in [-0.25, -0.2) is 15.0 Å². The Balaban J connectivity index is 1.43. The molecule has 0 radical (unpaired) electrons. The molecule has 2 aliphatic rings. The van der Waals surface area contributed by atoms with Gasteiger partial charge in [0.25, 0.3) is 0 Å². The van der Waals surface area contributed by atoms with Gasteiger partial charge in [-0.15, -0.1) is 0 Å². The van der Waals surface area contributed by atoms with Gasteiger partial charge in [0.05, 0.1) is 5.41 Å². The highest BCUT2D eigenvalue weighted by molar-refractivity contribution is 6.07. The number of aromatic nitrogens is 3. The van der Waals surface area contributed by atoms with E-state index in [2.05, 4.69) is 34.1 Å². The second-order valence-corrected chi connectivity index (χ2v) is 8.14. The van der Waals surface area contributed by atoms with Gasteiger partial charge < -0.3 is 5.32 Å². The quantitative estimate of drug-likeness (QED) is 0.915. The van der Waals surface area contributed by atoms with Crippen molar-refractivity contribution in [2.24, 2.45) is 0 Å². The fourth-order valence-electron chi connectivity index (χ4n) is 3.74. The predicted molar refractivity (Wildman–Crippen MR) is 101 cm³/mol. The summed E-state index contributed by atoms with van der Waals surface area (Å²) in [6.07, 6.45) is 7.28. The topological polar surface area (TPSA) is 71.0 Å². The van der Waals surface area contributed by atoms with E-state index in [-0.39, 0.29) is 18.0 Å². The monoisotopic (exact) mass is 351 g/mol. The minimum Gasteiger partial charge on any atom is -0.351 e. The zero-order valence-corrected chi connectivity index (χ0v) is 15.7. The molecule has 2 aromatic rings. The van der Waals surface area contributed by atoms with Crippen LogP contribution in [0.15, 0.2) is 30.7 Å². The first kappa shape index (κ1) is 16.9. The zero-order valence-electron chi connectivity index (χ0n) is 15.7. The summed E-state index contributed by atoms with van der Waals surface area (Å²) in [4.78, 5) is 28.1. The maximum absolute atomic E-state index is 12.9. The van der Waals surface area contributed by atoms with Crippen LogP contribution in [0.1, 0.15) is 57.6 Å². The van der Waals surface area contributed by atoms with Crippen LogP contribution in [0.4, 0.5) is 11.8 Å². The van der Waals surface area contributed by atoms with Crippen LogP contribution in [0.2, 0.25) is 0 Å².